The minimum absolute atomic E-state index is 0.0143. The second-order valence-corrected chi connectivity index (χ2v) is 7.79. The molecule has 3 aromatic carbocycles. The van der Waals surface area contributed by atoms with Crippen molar-refractivity contribution in [3.63, 3.8) is 0 Å². The van der Waals surface area contributed by atoms with Gasteiger partial charge in [0.1, 0.15) is 23.9 Å². The monoisotopic (exact) mass is 522 g/mol. The maximum absolute atomic E-state index is 14.0. The molecule has 1 heterocycles. The predicted molar refractivity (Wildman–Crippen MR) is 121 cm³/mol. The van der Waals surface area contributed by atoms with Gasteiger partial charge in [-0.05, 0) is 31.2 Å². The van der Waals surface area contributed by atoms with Gasteiger partial charge in [0.05, 0.1) is 32.5 Å². The Bertz CT molecular complexity index is 1420. The molecule has 1 aliphatic heterocycles. The molecule has 0 N–H and O–H groups in total. The van der Waals surface area contributed by atoms with Crippen LogP contribution in [0.2, 0.25) is 0 Å². The third-order valence-electron chi connectivity index (χ3n) is 5.73. The van der Waals surface area contributed by atoms with Crippen LogP contribution in [0.5, 0.6) is 28.7 Å². The summed E-state index contributed by atoms with van der Waals surface area (Å²) in [5.41, 5.74) is -0.213. The molecule has 0 radical (unpaired) electrons. The summed E-state index contributed by atoms with van der Waals surface area (Å²) in [4.78, 5) is 13.0. The molecule has 0 unspecified atom stereocenters. The number of hydrogen-bond donors (Lipinski definition) is 0. The molecule has 6 nitrogen and oxygen atoms in total. The zero-order valence-electron chi connectivity index (χ0n) is 19.9. The number of ketones is 1. The zero-order chi connectivity index (χ0) is 27.0. The van der Waals surface area contributed by atoms with Crippen molar-refractivity contribution in [1.82, 2.24) is 0 Å². The number of Topliss-reactive ketones (excluding diaryl/α,β-unsaturated/α-hetero) is 1. The van der Waals surface area contributed by atoms with Crippen LogP contribution in [0.3, 0.4) is 0 Å². The summed E-state index contributed by atoms with van der Waals surface area (Å²) in [5, 5.41) is 0. The Morgan fingerprint density at radius 2 is 1.35 bits per heavy atom. The Hall–Kier alpha value is -4.28. The van der Waals surface area contributed by atoms with Crippen LogP contribution in [0.4, 0.5) is 22.0 Å². The largest absolute Gasteiger partial charge is 0.496 e. The number of carbonyl (C=O) groups is 1. The van der Waals surface area contributed by atoms with Gasteiger partial charge in [0.2, 0.25) is 11.6 Å². The maximum Gasteiger partial charge on any atom is 0.231 e. The van der Waals surface area contributed by atoms with Crippen molar-refractivity contribution in [2.24, 2.45) is 0 Å². The number of benzene rings is 3. The SMILES string of the molecule is COc1cc(OC)c(OC)cc1/C=C1\Oc2c(ccc(OCc3c(F)c(F)c(F)c(F)c3F)c2C)C1=O. The highest BCUT2D eigenvalue weighted by Gasteiger charge is 2.31. The molecule has 0 aliphatic carbocycles. The molecule has 11 heteroatoms. The molecule has 194 valence electrons. The van der Waals surface area contributed by atoms with Gasteiger partial charge in [0.15, 0.2) is 40.5 Å². The number of carbonyl (C=O) groups excluding carboxylic acids is 1. The van der Waals surface area contributed by atoms with E-state index in [1.54, 1.807) is 12.1 Å². The van der Waals surface area contributed by atoms with Gasteiger partial charge < -0.3 is 23.7 Å². The Labute approximate surface area is 207 Å². The highest BCUT2D eigenvalue weighted by Crippen LogP contribution is 2.41. The predicted octanol–water partition coefficient (Wildman–Crippen LogP) is 5.91. The smallest absolute Gasteiger partial charge is 0.231 e. The standard InChI is InChI=1S/C26H19F5O6/c1-11-15(36-10-14-20(27)22(29)24(31)23(30)21(14)28)6-5-13-25(32)19(37-26(11)13)8-12-7-17(34-3)18(35-4)9-16(12)33-2/h5-9H,10H2,1-4H3/b19-8-. The van der Waals surface area contributed by atoms with Crippen molar-refractivity contribution in [1.29, 1.82) is 0 Å². The summed E-state index contributed by atoms with van der Waals surface area (Å²) >= 11 is 0. The highest BCUT2D eigenvalue weighted by molar-refractivity contribution is 6.15. The number of halogens is 5. The number of rotatable bonds is 7. The molecule has 0 saturated heterocycles. The molecular formula is C26H19F5O6. The van der Waals surface area contributed by atoms with Crippen molar-refractivity contribution in [2.45, 2.75) is 13.5 Å². The minimum atomic E-state index is -2.26. The lowest BCUT2D eigenvalue weighted by Crippen LogP contribution is -2.10. The summed E-state index contributed by atoms with van der Waals surface area (Å²) in [7, 11) is 4.35. The first-order valence-corrected chi connectivity index (χ1v) is 10.6. The van der Waals surface area contributed by atoms with Gasteiger partial charge in [-0.3, -0.25) is 4.79 Å². The van der Waals surface area contributed by atoms with E-state index >= 15 is 0 Å². The molecule has 0 saturated carbocycles. The molecule has 0 fully saturated rings. The molecule has 1 aliphatic rings. The highest BCUT2D eigenvalue weighted by atomic mass is 19.2. The number of methoxy groups -OCH3 is 3. The average molecular weight is 522 g/mol. The fourth-order valence-electron chi connectivity index (χ4n) is 3.76. The first-order chi connectivity index (χ1) is 17.6. The number of ether oxygens (including phenoxy) is 5. The van der Waals surface area contributed by atoms with Gasteiger partial charge in [0.25, 0.3) is 0 Å². The Balaban J connectivity index is 1.65. The van der Waals surface area contributed by atoms with Crippen LogP contribution >= 0.6 is 0 Å². The van der Waals surface area contributed by atoms with Gasteiger partial charge in [-0.25, -0.2) is 22.0 Å². The lowest BCUT2D eigenvalue weighted by atomic mass is 10.1. The van der Waals surface area contributed by atoms with E-state index in [1.165, 1.54) is 46.5 Å². The van der Waals surface area contributed by atoms with Crippen LogP contribution in [0.1, 0.15) is 27.0 Å². The van der Waals surface area contributed by atoms with E-state index in [2.05, 4.69) is 0 Å². The summed E-state index contributed by atoms with van der Waals surface area (Å²) in [6, 6.07) is 5.87. The van der Waals surface area contributed by atoms with Crippen LogP contribution in [0.15, 0.2) is 30.0 Å². The third-order valence-corrected chi connectivity index (χ3v) is 5.73. The van der Waals surface area contributed by atoms with E-state index in [0.717, 1.165) is 0 Å². The molecule has 0 spiro atoms. The van der Waals surface area contributed by atoms with E-state index in [-0.39, 0.29) is 28.4 Å². The molecule has 3 aromatic rings. The quantitative estimate of drug-likeness (QED) is 0.166. The first-order valence-electron chi connectivity index (χ1n) is 10.6. The lowest BCUT2D eigenvalue weighted by Gasteiger charge is -2.13. The Morgan fingerprint density at radius 1 is 0.784 bits per heavy atom. The van der Waals surface area contributed by atoms with E-state index in [9.17, 15) is 26.7 Å². The number of hydrogen-bond acceptors (Lipinski definition) is 6. The summed E-state index contributed by atoms with van der Waals surface area (Å²) < 4.78 is 95.3. The van der Waals surface area contributed by atoms with Crippen LogP contribution in [0, 0.1) is 36.0 Å². The number of allylic oxidation sites excluding steroid dienone is 1. The molecule has 0 atom stereocenters. The van der Waals surface area contributed by atoms with Crippen molar-refractivity contribution in [2.75, 3.05) is 21.3 Å². The first kappa shape index (κ1) is 25.8. The Morgan fingerprint density at radius 3 is 1.95 bits per heavy atom. The zero-order valence-corrected chi connectivity index (χ0v) is 19.9. The van der Waals surface area contributed by atoms with Crippen LogP contribution in [-0.4, -0.2) is 27.1 Å². The van der Waals surface area contributed by atoms with E-state index in [1.807, 2.05) is 0 Å². The molecule has 37 heavy (non-hydrogen) atoms. The third kappa shape index (κ3) is 4.41. The summed E-state index contributed by atoms with van der Waals surface area (Å²) in [6.07, 6.45) is 1.44. The molecule has 0 aromatic heterocycles. The molecule has 0 bridgehead atoms. The van der Waals surface area contributed by atoms with Crippen molar-refractivity contribution < 1.29 is 50.4 Å². The lowest BCUT2D eigenvalue weighted by molar-refractivity contribution is 0.101. The van der Waals surface area contributed by atoms with Crippen LogP contribution < -0.4 is 23.7 Å². The van der Waals surface area contributed by atoms with Gasteiger partial charge in [-0.1, -0.05) is 0 Å². The topological polar surface area (TPSA) is 63.2 Å². The van der Waals surface area contributed by atoms with Crippen molar-refractivity contribution in [3.05, 3.63) is 81.4 Å². The van der Waals surface area contributed by atoms with E-state index < -0.39 is 47.0 Å². The molecule has 0 amide bonds. The molecular weight excluding hydrogens is 503 g/mol. The van der Waals surface area contributed by atoms with Crippen LogP contribution in [-0.2, 0) is 6.61 Å². The fourth-order valence-corrected chi connectivity index (χ4v) is 3.76. The maximum atomic E-state index is 14.0. The Kier molecular flexibility index (Phi) is 6.97. The summed E-state index contributed by atoms with van der Waals surface area (Å²) in [6.45, 7) is 0.560. The second-order valence-electron chi connectivity index (χ2n) is 7.79. The average Bonchev–Trinajstić information content (AvgIpc) is 3.22. The van der Waals surface area contributed by atoms with Crippen LogP contribution in [0.25, 0.3) is 6.08 Å². The van der Waals surface area contributed by atoms with Gasteiger partial charge in [0, 0.05) is 17.2 Å². The normalized spacial score (nSPS) is 13.4. The molecule has 4 rings (SSSR count). The van der Waals surface area contributed by atoms with E-state index in [4.69, 9.17) is 23.7 Å². The number of fused-ring (bicyclic) bond motifs is 1. The van der Waals surface area contributed by atoms with Crippen molar-refractivity contribution in [3.8, 4) is 28.7 Å². The fraction of sp³-hybridized carbons (Fsp3) is 0.192. The van der Waals surface area contributed by atoms with Gasteiger partial charge in [-0.15, -0.1) is 0 Å². The van der Waals surface area contributed by atoms with Gasteiger partial charge >= 0.3 is 0 Å². The minimum Gasteiger partial charge on any atom is -0.496 e. The van der Waals surface area contributed by atoms with Crippen molar-refractivity contribution >= 4 is 11.9 Å². The summed E-state index contributed by atoms with van der Waals surface area (Å²) in [5.74, 6) is -9.59. The van der Waals surface area contributed by atoms with Gasteiger partial charge in [-0.2, -0.15) is 0 Å². The second kappa shape index (κ2) is 10.00. The van der Waals surface area contributed by atoms with E-state index in [0.29, 0.717) is 22.8 Å².